The molecular formula is C12H13N3O2. The van der Waals surface area contributed by atoms with Crippen molar-refractivity contribution in [2.75, 3.05) is 6.61 Å². The van der Waals surface area contributed by atoms with Gasteiger partial charge in [-0.2, -0.15) is 5.48 Å². The average molecular weight is 231 g/mol. The summed E-state index contributed by atoms with van der Waals surface area (Å²) < 4.78 is 0. The number of nitrogens with one attached hydrogen (secondary N) is 1. The lowest BCUT2D eigenvalue weighted by atomic mass is 10.1. The van der Waals surface area contributed by atoms with Crippen LogP contribution in [0.3, 0.4) is 0 Å². The SMILES string of the molecule is NC(=O)CONCc1cncc2ccccc12. The highest BCUT2D eigenvalue weighted by molar-refractivity contribution is 5.84. The van der Waals surface area contributed by atoms with Crippen molar-refractivity contribution < 1.29 is 9.63 Å². The van der Waals surface area contributed by atoms with E-state index in [2.05, 4.69) is 10.5 Å². The molecule has 0 radical (unpaired) electrons. The van der Waals surface area contributed by atoms with Gasteiger partial charge in [-0.1, -0.05) is 24.3 Å². The normalized spacial score (nSPS) is 10.6. The summed E-state index contributed by atoms with van der Waals surface area (Å²) in [5.41, 5.74) is 8.64. The molecule has 1 aromatic heterocycles. The van der Waals surface area contributed by atoms with Crippen LogP contribution >= 0.6 is 0 Å². The van der Waals surface area contributed by atoms with Crippen LogP contribution in [0.25, 0.3) is 10.8 Å². The minimum absolute atomic E-state index is 0.141. The van der Waals surface area contributed by atoms with E-state index in [-0.39, 0.29) is 6.61 Å². The van der Waals surface area contributed by atoms with Gasteiger partial charge in [-0.15, -0.1) is 0 Å². The van der Waals surface area contributed by atoms with E-state index < -0.39 is 5.91 Å². The summed E-state index contributed by atoms with van der Waals surface area (Å²) in [5, 5.41) is 2.18. The van der Waals surface area contributed by atoms with E-state index >= 15 is 0 Å². The molecule has 0 atom stereocenters. The summed E-state index contributed by atoms with van der Waals surface area (Å²) >= 11 is 0. The highest BCUT2D eigenvalue weighted by Crippen LogP contribution is 2.16. The summed E-state index contributed by atoms with van der Waals surface area (Å²) in [4.78, 5) is 19.5. The lowest BCUT2D eigenvalue weighted by Gasteiger charge is -2.07. The van der Waals surface area contributed by atoms with Gasteiger partial charge in [-0.05, 0) is 10.9 Å². The third-order valence-electron chi connectivity index (χ3n) is 2.33. The summed E-state index contributed by atoms with van der Waals surface area (Å²) in [6.45, 7) is 0.333. The van der Waals surface area contributed by atoms with E-state index in [1.54, 1.807) is 6.20 Å². The molecule has 2 aromatic rings. The Bertz CT molecular complexity index is 523. The molecule has 0 aliphatic heterocycles. The van der Waals surface area contributed by atoms with Gasteiger partial charge >= 0.3 is 0 Å². The van der Waals surface area contributed by atoms with Gasteiger partial charge in [0.1, 0.15) is 6.61 Å². The second-order valence-corrected chi connectivity index (χ2v) is 3.60. The fourth-order valence-corrected chi connectivity index (χ4v) is 1.57. The molecule has 0 saturated carbocycles. The Morgan fingerprint density at radius 2 is 2.18 bits per heavy atom. The first-order chi connectivity index (χ1) is 8.27. The number of amides is 1. The number of nitrogens with two attached hydrogens (primary N) is 1. The van der Waals surface area contributed by atoms with Gasteiger partial charge in [0.25, 0.3) is 0 Å². The number of hydroxylamine groups is 1. The topological polar surface area (TPSA) is 77.2 Å². The van der Waals surface area contributed by atoms with E-state index in [4.69, 9.17) is 10.6 Å². The van der Waals surface area contributed by atoms with E-state index in [1.807, 2.05) is 30.5 Å². The smallest absolute Gasteiger partial charge is 0.245 e. The van der Waals surface area contributed by atoms with Gasteiger partial charge in [0, 0.05) is 24.3 Å². The molecule has 0 bridgehead atoms. The standard InChI is InChI=1S/C12H13N3O2/c13-12(16)8-17-15-7-10-6-14-5-9-3-1-2-4-11(9)10/h1-6,15H,7-8H2,(H2,13,16). The first-order valence-electron chi connectivity index (χ1n) is 5.22. The number of carbonyl (C=O) groups is 1. The number of benzene rings is 1. The predicted molar refractivity (Wildman–Crippen MR) is 63.7 cm³/mol. The van der Waals surface area contributed by atoms with Crippen LogP contribution < -0.4 is 11.2 Å². The molecule has 5 nitrogen and oxygen atoms in total. The second kappa shape index (κ2) is 5.38. The van der Waals surface area contributed by atoms with Crippen LogP contribution in [-0.4, -0.2) is 17.5 Å². The Morgan fingerprint density at radius 3 is 3.00 bits per heavy atom. The van der Waals surface area contributed by atoms with E-state index in [1.165, 1.54) is 0 Å². The van der Waals surface area contributed by atoms with Crippen molar-refractivity contribution in [1.82, 2.24) is 10.5 Å². The average Bonchev–Trinajstić information content (AvgIpc) is 2.34. The van der Waals surface area contributed by atoms with Gasteiger partial charge in [0.15, 0.2) is 0 Å². The molecular weight excluding hydrogens is 218 g/mol. The number of primary amides is 1. The van der Waals surface area contributed by atoms with Gasteiger partial charge in [-0.3, -0.25) is 14.6 Å². The Morgan fingerprint density at radius 1 is 1.35 bits per heavy atom. The molecule has 1 aromatic carbocycles. The first-order valence-corrected chi connectivity index (χ1v) is 5.22. The maximum atomic E-state index is 10.5. The zero-order valence-electron chi connectivity index (χ0n) is 9.22. The zero-order valence-corrected chi connectivity index (χ0v) is 9.22. The fraction of sp³-hybridized carbons (Fsp3) is 0.167. The molecule has 0 fully saturated rings. The first kappa shape index (κ1) is 11.5. The van der Waals surface area contributed by atoms with Crippen molar-refractivity contribution in [3.8, 4) is 0 Å². The summed E-state index contributed by atoms with van der Waals surface area (Å²) in [6, 6.07) is 7.94. The van der Waals surface area contributed by atoms with Gasteiger partial charge < -0.3 is 5.73 Å². The molecule has 1 heterocycles. The number of hydrogen-bond acceptors (Lipinski definition) is 4. The Kier molecular flexibility index (Phi) is 3.64. The van der Waals surface area contributed by atoms with Crippen molar-refractivity contribution in [2.45, 2.75) is 6.54 Å². The molecule has 0 unspecified atom stereocenters. The van der Waals surface area contributed by atoms with Crippen LogP contribution in [0.2, 0.25) is 0 Å². The highest BCUT2D eigenvalue weighted by Gasteiger charge is 2.01. The number of rotatable bonds is 5. The van der Waals surface area contributed by atoms with Crippen LogP contribution in [0, 0.1) is 0 Å². The maximum absolute atomic E-state index is 10.5. The number of carbonyl (C=O) groups excluding carboxylic acids is 1. The molecule has 17 heavy (non-hydrogen) atoms. The van der Waals surface area contributed by atoms with Gasteiger partial charge in [-0.25, -0.2) is 0 Å². The monoisotopic (exact) mass is 231 g/mol. The molecule has 0 spiro atoms. The largest absolute Gasteiger partial charge is 0.368 e. The van der Waals surface area contributed by atoms with E-state index in [9.17, 15) is 4.79 Å². The molecule has 0 aliphatic carbocycles. The predicted octanol–water partition coefficient (Wildman–Crippen LogP) is 0.741. The van der Waals surface area contributed by atoms with Crippen molar-refractivity contribution in [3.05, 3.63) is 42.2 Å². The maximum Gasteiger partial charge on any atom is 0.245 e. The molecule has 88 valence electrons. The molecule has 5 heteroatoms. The fourth-order valence-electron chi connectivity index (χ4n) is 1.57. The zero-order chi connectivity index (χ0) is 12.1. The lowest BCUT2D eigenvalue weighted by molar-refractivity contribution is -0.125. The van der Waals surface area contributed by atoms with Crippen molar-refractivity contribution in [1.29, 1.82) is 0 Å². The lowest BCUT2D eigenvalue weighted by Crippen LogP contribution is -2.24. The summed E-state index contributed by atoms with van der Waals surface area (Å²) in [7, 11) is 0. The Balaban J connectivity index is 2.05. The highest BCUT2D eigenvalue weighted by atomic mass is 16.6. The molecule has 2 rings (SSSR count). The van der Waals surface area contributed by atoms with E-state index in [0.29, 0.717) is 6.54 Å². The minimum Gasteiger partial charge on any atom is -0.368 e. The third kappa shape index (κ3) is 2.99. The summed E-state index contributed by atoms with van der Waals surface area (Å²) in [5.74, 6) is -0.506. The molecule has 1 amide bonds. The van der Waals surface area contributed by atoms with E-state index in [0.717, 1.165) is 16.3 Å². The molecule has 0 saturated heterocycles. The van der Waals surface area contributed by atoms with Gasteiger partial charge in [0.2, 0.25) is 5.91 Å². The Hall–Kier alpha value is -1.98. The number of nitrogens with zero attached hydrogens (tertiary/aromatic N) is 1. The second-order valence-electron chi connectivity index (χ2n) is 3.60. The number of aromatic nitrogens is 1. The quantitative estimate of drug-likeness (QED) is 0.587. The summed E-state index contributed by atoms with van der Waals surface area (Å²) in [6.07, 6.45) is 3.58. The van der Waals surface area contributed by atoms with Crippen molar-refractivity contribution in [2.24, 2.45) is 5.73 Å². The van der Waals surface area contributed by atoms with Crippen LogP contribution in [0.4, 0.5) is 0 Å². The number of fused-ring (bicyclic) bond motifs is 1. The van der Waals surface area contributed by atoms with Gasteiger partial charge in [0.05, 0.1) is 0 Å². The Labute approximate surface area is 98.5 Å². The van der Waals surface area contributed by atoms with Crippen LogP contribution in [-0.2, 0) is 16.2 Å². The van der Waals surface area contributed by atoms with Crippen LogP contribution in [0.1, 0.15) is 5.56 Å². The van der Waals surface area contributed by atoms with Crippen LogP contribution in [0.5, 0.6) is 0 Å². The molecule has 0 aliphatic rings. The minimum atomic E-state index is -0.506. The van der Waals surface area contributed by atoms with Crippen molar-refractivity contribution >= 4 is 16.7 Å². The van der Waals surface area contributed by atoms with Crippen molar-refractivity contribution in [3.63, 3.8) is 0 Å². The third-order valence-corrected chi connectivity index (χ3v) is 2.33. The van der Waals surface area contributed by atoms with Crippen LogP contribution in [0.15, 0.2) is 36.7 Å². The molecule has 3 N–H and O–H groups in total. The number of pyridine rings is 1. The number of hydrogen-bond donors (Lipinski definition) is 2.